The summed E-state index contributed by atoms with van der Waals surface area (Å²) in [6, 6.07) is 6.77. The molecule has 0 aliphatic heterocycles. The first-order valence-electron chi connectivity index (χ1n) is 8.70. The minimum absolute atomic E-state index is 0.274. The topological polar surface area (TPSA) is 9.23 Å². The quantitative estimate of drug-likeness (QED) is 0.676. The summed E-state index contributed by atoms with van der Waals surface area (Å²) in [7, 11) is 0. The number of fused-ring (bicyclic) bond motifs is 1. The lowest BCUT2D eigenvalue weighted by Gasteiger charge is -2.55. The van der Waals surface area contributed by atoms with Crippen LogP contribution in [0.1, 0.15) is 62.5 Å². The van der Waals surface area contributed by atoms with Crippen LogP contribution in [0.4, 0.5) is 0 Å². The van der Waals surface area contributed by atoms with Crippen molar-refractivity contribution in [2.24, 2.45) is 5.41 Å². The van der Waals surface area contributed by atoms with Gasteiger partial charge in [0.15, 0.2) is 0 Å². The van der Waals surface area contributed by atoms with E-state index in [0.29, 0.717) is 11.5 Å². The largest absolute Gasteiger partial charge is 0.490 e. The molecule has 3 aliphatic rings. The highest BCUT2D eigenvalue weighted by Gasteiger charge is 2.55. The van der Waals surface area contributed by atoms with Gasteiger partial charge in [-0.3, -0.25) is 0 Å². The Balaban J connectivity index is 1.51. The van der Waals surface area contributed by atoms with E-state index in [9.17, 15) is 0 Å². The monoisotopic (exact) mass is 304 g/mol. The second-order valence-electron chi connectivity index (χ2n) is 7.24. The molecule has 1 spiro atoms. The first kappa shape index (κ1) is 13.9. The van der Waals surface area contributed by atoms with E-state index in [1.165, 1.54) is 68.9 Å². The third kappa shape index (κ3) is 2.38. The highest BCUT2D eigenvalue weighted by Crippen LogP contribution is 2.55. The number of benzene rings is 1. The van der Waals surface area contributed by atoms with Crippen LogP contribution in [0.2, 0.25) is 0 Å². The minimum Gasteiger partial charge on any atom is -0.490 e. The molecule has 1 nitrogen and oxygen atoms in total. The Morgan fingerprint density at radius 1 is 0.952 bits per heavy atom. The zero-order chi connectivity index (χ0) is 14.3. The molecule has 114 valence electrons. The molecule has 0 N–H and O–H groups in total. The first-order chi connectivity index (χ1) is 10.3. The lowest BCUT2D eigenvalue weighted by molar-refractivity contribution is -0.0650. The maximum atomic E-state index is 6.58. The molecule has 2 saturated carbocycles. The van der Waals surface area contributed by atoms with Gasteiger partial charge in [0.05, 0.1) is 0 Å². The summed E-state index contributed by atoms with van der Waals surface area (Å²) in [4.78, 5) is 0. The van der Waals surface area contributed by atoms with E-state index >= 15 is 0 Å². The fourth-order valence-electron chi connectivity index (χ4n) is 4.66. The third-order valence-corrected chi connectivity index (χ3v) is 6.68. The molecular weight excluding hydrogens is 280 g/mol. The maximum absolute atomic E-state index is 6.58. The van der Waals surface area contributed by atoms with Crippen molar-refractivity contribution < 1.29 is 4.74 Å². The van der Waals surface area contributed by atoms with Crippen LogP contribution in [-0.4, -0.2) is 11.5 Å². The van der Waals surface area contributed by atoms with Gasteiger partial charge in [0, 0.05) is 17.2 Å². The average molecular weight is 305 g/mol. The van der Waals surface area contributed by atoms with E-state index in [-0.39, 0.29) is 5.41 Å². The van der Waals surface area contributed by atoms with Crippen LogP contribution >= 0.6 is 11.6 Å². The Bertz CT molecular complexity index is 518. The van der Waals surface area contributed by atoms with Gasteiger partial charge in [-0.05, 0) is 61.8 Å². The van der Waals surface area contributed by atoms with E-state index in [1.807, 2.05) is 0 Å². The van der Waals surface area contributed by atoms with Crippen molar-refractivity contribution in [3.05, 3.63) is 29.3 Å². The summed E-state index contributed by atoms with van der Waals surface area (Å²) in [6.45, 7) is 0. The molecule has 1 aromatic carbocycles. The summed E-state index contributed by atoms with van der Waals surface area (Å²) >= 11 is 6.58. The van der Waals surface area contributed by atoms with Gasteiger partial charge < -0.3 is 4.74 Å². The van der Waals surface area contributed by atoms with Crippen molar-refractivity contribution >= 4 is 11.6 Å². The predicted molar refractivity (Wildman–Crippen MR) is 87.3 cm³/mol. The van der Waals surface area contributed by atoms with Gasteiger partial charge in [-0.15, -0.1) is 11.6 Å². The van der Waals surface area contributed by atoms with Gasteiger partial charge in [0.25, 0.3) is 0 Å². The third-order valence-electron chi connectivity index (χ3n) is 6.07. The van der Waals surface area contributed by atoms with Crippen LogP contribution < -0.4 is 4.74 Å². The molecule has 0 amide bonds. The van der Waals surface area contributed by atoms with Crippen LogP contribution in [0.15, 0.2) is 18.2 Å². The SMILES string of the molecule is ClC1CC(Oc2ccc3c(c2)CCCC3)C12CCCCC2. The number of rotatable bonds is 2. The maximum Gasteiger partial charge on any atom is 0.120 e. The lowest BCUT2D eigenvalue weighted by Crippen LogP contribution is -2.58. The normalized spacial score (nSPS) is 30.5. The molecule has 0 heterocycles. The fraction of sp³-hybridized carbons (Fsp3) is 0.684. The molecule has 4 rings (SSSR count). The number of halogens is 1. The molecule has 0 radical (unpaired) electrons. The summed E-state index contributed by atoms with van der Waals surface area (Å²) in [5.74, 6) is 1.08. The Morgan fingerprint density at radius 2 is 1.71 bits per heavy atom. The number of hydrogen-bond acceptors (Lipinski definition) is 1. The van der Waals surface area contributed by atoms with Crippen molar-refractivity contribution in [1.29, 1.82) is 0 Å². The number of ether oxygens (including phenoxy) is 1. The van der Waals surface area contributed by atoms with Gasteiger partial charge in [-0.2, -0.15) is 0 Å². The first-order valence-corrected chi connectivity index (χ1v) is 9.14. The number of hydrogen-bond donors (Lipinski definition) is 0. The Labute approximate surface area is 133 Å². The second-order valence-corrected chi connectivity index (χ2v) is 7.77. The second kappa shape index (κ2) is 5.50. The van der Waals surface area contributed by atoms with Crippen LogP contribution in [0, 0.1) is 5.41 Å². The molecule has 2 heteroatoms. The van der Waals surface area contributed by atoms with E-state index < -0.39 is 0 Å². The van der Waals surface area contributed by atoms with E-state index in [0.717, 1.165) is 12.2 Å². The zero-order valence-electron chi connectivity index (χ0n) is 12.7. The van der Waals surface area contributed by atoms with Gasteiger partial charge in [0.1, 0.15) is 11.9 Å². The molecule has 21 heavy (non-hydrogen) atoms. The molecule has 0 bridgehead atoms. The fourth-order valence-corrected chi connectivity index (χ4v) is 5.18. The average Bonchev–Trinajstić information content (AvgIpc) is 2.55. The molecule has 2 unspecified atom stereocenters. The Kier molecular flexibility index (Phi) is 3.65. The molecule has 0 saturated heterocycles. The van der Waals surface area contributed by atoms with Crippen LogP contribution in [0.3, 0.4) is 0 Å². The van der Waals surface area contributed by atoms with E-state index in [1.54, 1.807) is 0 Å². The van der Waals surface area contributed by atoms with Crippen molar-refractivity contribution in [2.75, 3.05) is 0 Å². The van der Waals surface area contributed by atoms with Crippen molar-refractivity contribution in [3.63, 3.8) is 0 Å². The minimum atomic E-state index is 0.274. The van der Waals surface area contributed by atoms with Crippen molar-refractivity contribution in [3.8, 4) is 5.75 Å². The molecule has 2 fully saturated rings. The molecular formula is C19H25ClO. The lowest BCUT2D eigenvalue weighted by atomic mass is 9.58. The number of aryl methyl sites for hydroxylation is 2. The molecule has 0 aromatic heterocycles. The van der Waals surface area contributed by atoms with Gasteiger partial charge in [-0.1, -0.05) is 25.3 Å². The standard InChI is InChI=1S/C19H25ClO/c20-17-13-18(19(17)10-4-1-5-11-19)21-16-9-8-14-6-2-3-7-15(14)12-16/h8-9,12,17-18H,1-7,10-11,13H2. The highest BCUT2D eigenvalue weighted by atomic mass is 35.5. The van der Waals surface area contributed by atoms with Crippen LogP contribution in [0.25, 0.3) is 0 Å². The van der Waals surface area contributed by atoms with E-state index in [4.69, 9.17) is 16.3 Å². The summed E-state index contributed by atoms with van der Waals surface area (Å²) in [6.07, 6.45) is 13.1. The zero-order valence-corrected chi connectivity index (χ0v) is 13.5. The van der Waals surface area contributed by atoms with Gasteiger partial charge >= 0.3 is 0 Å². The Morgan fingerprint density at radius 3 is 2.48 bits per heavy atom. The van der Waals surface area contributed by atoms with Crippen molar-refractivity contribution in [1.82, 2.24) is 0 Å². The van der Waals surface area contributed by atoms with Gasteiger partial charge in [-0.25, -0.2) is 0 Å². The molecule has 1 aromatic rings. The summed E-state index contributed by atoms with van der Waals surface area (Å²) < 4.78 is 6.40. The van der Waals surface area contributed by atoms with Crippen LogP contribution in [0.5, 0.6) is 5.75 Å². The summed E-state index contributed by atoms with van der Waals surface area (Å²) in [5.41, 5.74) is 3.32. The van der Waals surface area contributed by atoms with Gasteiger partial charge in [0.2, 0.25) is 0 Å². The predicted octanol–water partition coefficient (Wildman–Crippen LogP) is 5.27. The Hall–Kier alpha value is -0.690. The summed E-state index contributed by atoms with van der Waals surface area (Å²) in [5, 5.41) is 0.334. The van der Waals surface area contributed by atoms with Crippen molar-refractivity contribution in [2.45, 2.75) is 75.7 Å². The van der Waals surface area contributed by atoms with E-state index in [2.05, 4.69) is 18.2 Å². The smallest absolute Gasteiger partial charge is 0.120 e. The molecule has 3 aliphatic carbocycles. The number of alkyl halides is 1. The highest BCUT2D eigenvalue weighted by molar-refractivity contribution is 6.21. The molecule has 2 atom stereocenters. The van der Waals surface area contributed by atoms with Crippen LogP contribution in [-0.2, 0) is 12.8 Å².